The van der Waals surface area contributed by atoms with E-state index in [1.807, 2.05) is 38.1 Å². The molecular formula is C22H22Cl2N2O2. The molecule has 2 aromatic carbocycles. The minimum atomic E-state index is -0.0647. The molecule has 3 rings (SSSR count). The van der Waals surface area contributed by atoms with Crippen LogP contribution in [0.25, 0.3) is 11.3 Å². The third-order valence-corrected chi connectivity index (χ3v) is 5.21. The molecule has 1 unspecified atom stereocenters. The van der Waals surface area contributed by atoms with E-state index in [9.17, 15) is 4.79 Å². The molecule has 0 aliphatic rings. The molecule has 3 aromatic rings. The van der Waals surface area contributed by atoms with E-state index in [0.717, 1.165) is 11.1 Å². The van der Waals surface area contributed by atoms with Crippen LogP contribution in [0.2, 0.25) is 10.0 Å². The summed E-state index contributed by atoms with van der Waals surface area (Å²) in [5.74, 6) is 1.20. The maximum Gasteiger partial charge on any atom is 0.220 e. The van der Waals surface area contributed by atoms with Crippen molar-refractivity contribution in [2.75, 3.05) is 6.54 Å². The second-order valence-electron chi connectivity index (χ2n) is 6.82. The fourth-order valence-corrected chi connectivity index (χ4v) is 3.71. The number of aromatic nitrogens is 1. The van der Waals surface area contributed by atoms with Crippen LogP contribution >= 0.6 is 23.2 Å². The summed E-state index contributed by atoms with van der Waals surface area (Å²) in [6.45, 7) is 4.48. The predicted octanol–water partition coefficient (Wildman–Crippen LogP) is 5.81. The Morgan fingerprint density at radius 3 is 2.50 bits per heavy atom. The van der Waals surface area contributed by atoms with Crippen molar-refractivity contribution >= 4 is 29.1 Å². The molecule has 0 saturated carbocycles. The molecule has 0 radical (unpaired) electrons. The van der Waals surface area contributed by atoms with Gasteiger partial charge in [0.15, 0.2) is 11.7 Å². The van der Waals surface area contributed by atoms with Crippen molar-refractivity contribution in [2.45, 2.75) is 32.6 Å². The van der Waals surface area contributed by atoms with Crippen LogP contribution in [0.4, 0.5) is 0 Å². The molecule has 0 saturated heterocycles. The summed E-state index contributed by atoms with van der Waals surface area (Å²) in [6.07, 6.45) is 2.44. The Morgan fingerprint density at radius 1 is 1.14 bits per heavy atom. The van der Waals surface area contributed by atoms with Crippen LogP contribution in [0.15, 0.2) is 53.1 Å². The number of hydrogen-bond acceptors (Lipinski definition) is 3. The number of halogens is 2. The molecule has 1 heterocycles. The van der Waals surface area contributed by atoms with Crippen molar-refractivity contribution in [1.29, 1.82) is 0 Å². The second kappa shape index (κ2) is 9.26. The minimum absolute atomic E-state index is 0.0139. The second-order valence-corrected chi connectivity index (χ2v) is 7.64. The van der Waals surface area contributed by atoms with E-state index in [0.29, 0.717) is 41.1 Å². The van der Waals surface area contributed by atoms with Gasteiger partial charge < -0.3 is 9.73 Å². The average Bonchev–Trinajstić information content (AvgIpc) is 3.14. The average molecular weight is 417 g/mol. The van der Waals surface area contributed by atoms with Gasteiger partial charge in [-0.15, -0.1) is 0 Å². The Labute approximate surface area is 174 Å². The van der Waals surface area contributed by atoms with Crippen LogP contribution < -0.4 is 5.32 Å². The van der Waals surface area contributed by atoms with Gasteiger partial charge in [0.05, 0.1) is 6.20 Å². The fourth-order valence-electron chi connectivity index (χ4n) is 2.94. The lowest BCUT2D eigenvalue weighted by molar-refractivity contribution is -0.121. The third-order valence-electron chi connectivity index (χ3n) is 4.55. The normalized spacial score (nSPS) is 12.0. The number of nitrogens with zero attached hydrogens (tertiary/aromatic N) is 1. The SMILES string of the molecule is Cc1ccc(-c2cnc(CCC(=O)NCC(C)c3c(Cl)cccc3Cl)o2)cc1. The van der Waals surface area contributed by atoms with Crippen LogP contribution in [0, 0.1) is 6.92 Å². The van der Waals surface area contributed by atoms with Gasteiger partial charge in [-0.25, -0.2) is 4.98 Å². The van der Waals surface area contributed by atoms with Crippen molar-refractivity contribution in [3.8, 4) is 11.3 Å². The molecule has 0 bridgehead atoms. The molecule has 1 aromatic heterocycles. The molecule has 6 heteroatoms. The van der Waals surface area contributed by atoms with Gasteiger partial charge in [-0.2, -0.15) is 0 Å². The quantitative estimate of drug-likeness (QED) is 0.528. The molecule has 28 heavy (non-hydrogen) atoms. The Hall–Kier alpha value is -2.30. The van der Waals surface area contributed by atoms with Crippen LogP contribution in [-0.2, 0) is 11.2 Å². The van der Waals surface area contributed by atoms with Gasteiger partial charge in [0.25, 0.3) is 0 Å². The van der Waals surface area contributed by atoms with E-state index in [1.54, 1.807) is 24.4 Å². The van der Waals surface area contributed by atoms with Gasteiger partial charge in [0.1, 0.15) is 0 Å². The lowest BCUT2D eigenvalue weighted by Gasteiger charge is -2.16. The molecule has 0 spiro atoms. The number of hydrogen-bond donors (Lipinski definition) is 1. The zero-order chi connectivity index (χ0) is 20.1. The van der Waals surface area contributed by atoms with Crippen molar-refractivity contribution in [3.05, 3.63) is 75.7 Å². The van der Waals surface area contributed by atoms with Crippen molar-refractivity contribution in [2.24, 2.45) is 0 Å². The van der Waals surface area contributed by atoms with E-state index in [-0.39, 0.29) is 11.8 Å². The highest BCUT2D eigenvalue weighted by molar-refractivity contribution is 6.36. The molecule has 0 aliphatic heterocycles. The van der Waals surface area contributed by atoms with E-state index in [4.69, 9.17) is 27.6 Å². The summed E-state index contributed by atoms with van der Waals surface area (Å²) in [4.78, 5) is 16.5. The highest BCUT2D eigenvalue weighted by atomic mass is 35.5. The first kappa shape index (κ1) is 20.4. The Balaban J connectivity index is 1.50. The first-order valence-corrected chi connectivity index (χ1v) is 9.92. The number of rotatable bonds is 7. The summed E-state index contributed by atoms with van der Waals surface area (Å²) in [6, 6.07) is 13.4. The molecule has 146 valence electrons. The number of nitrogens with one attached hydrogen (secondary N) is 1. The van der Waals surface area contributed by atoms with Crippen molar-refractivity contribution in [1.82, 2.24) is 10.3 Å². The lowest BCUT2D eigenvalue weighted by atomic mass is 10.0. The number of aryl methyl sites for hydroxylation is 2. The maximum atomic E-state index is 12.2. The fraction of sp³-hybridized carbons (Fsp3) is 0.273. The first-order valence-electron chi connectivity index (χ1n) is 9.16. The van der Waals surface area contributed by atoms with Gasteiger partial charge in [-0.1, -0.05) is 66.0 Å². The number of carbonyl (C=O) groups is 1. The van der Waals surface area contributed by atoms with Gasteiger partial charge in [0, 0.05) is 40.9 Å². The molecule has 1 N–H and O–H groups in total. The summed E-state index contributed by atoms with van der Waals surface area (Å²) in [5.41, 5.74) is 3.01. The van der Waals surface area contributed by atoms with Gasteiger partial charge >= 0.3 is 0 Å². The topological polar surface area (TPSA) is 55.1 Å². The Kier molecular flexibility index (Phi) is 6.76. The zero-order valence-corrected chi connectivity index (χ0v) is 17.3. The highest BCUT2D eigenvalue weighted by Gasteiger charge is 2.15. The van der Waals surface area contributed by atoms with Crippen LogP contribution in [-0.4, -0.2) is 17.4 Å². The molecule has 1 atom stereocenters. The molecule has 1 amide bonds. The van der Waals surface area contributed by atoms with Crippen molar-refractivity contribution in [3.63, 3.8) is 0 Å². The van der Waals surface area contributed by atoms with E-state index in [2.05, 4.69) is 10.3 Å². The zero-order valence-electron chi connectivity index (χ0n) is 15.8. The van der Waals surface area contributed by atoms with E-state index >= 15 is 0 Å². The van der Waals surface area contributed by atoms with Crippen LogP contribution in [0.1, 0.15) is 36.3 Å². The Bertz CT molecular complexity index is 931. The number of oxazole rings is 1. The van der Waals surface area contributed by atoms with E-state index < -0.39 is 0 Å². The summed E-state index contributed by atoms with van der Waals surface area (Å²) in [7, 11) is 0. The van der Waals surface area contributed by atoms with E-state index in [1.165, 1.54) is 5.56 Å². The first-order chi connectivity index (χ1) is 13.4. The molecule has 4 nitrogen and oxygen atoms in total. The molecule has 0 fully saturated rings. The summed E-state index contributed by atoms with van der Waals surface area (Å²) in [5, 5.41) is 4.14. The number of carbonyl (C=O) groups excluding carboxylic acids is 1. The highest BCUT2D eigenvalue weighted by Crippen LogP contribution is 2.31. The minimum Gasteiger partial charge on any atom is -0.441 e. The van der Waals surface area contributed by atoms with Crippen molar-refractivity contribution < 1.29 is 9.21 Å². The summed E-state index contributed by atoms with van der Waals surface area (Å²) >= 11 is 12.4. The monoisotopic (exact) mass is 416 g/mol. The van der Waals surface area contributed by atoms with Crippen LogP contribution in [0.3, 0.4) is 0 Å². The molecule has 0 aliphatic carbocycles. The predicted molar refractivity (Wildman–Crippen MR) is 113 cm³/mol. The molecular weight excluding hydrogens is 395 g/mol. The van der Waals surface area contributed by atoms with Gasteiger partial charge in [0.2, 0.25) is 5.91 Å². The third kappa shape index (κ3) is 5.15. The number of amides is 1. The summed E-state index contributed by atoms with van der Waals surface area (Å²) < 4.78 is 5.76. The maximum absolute atomic E-state index is 12.2. The Morgan fingerprint density at radius 2 is 1.82 bits per heavy atom. The smallest absolute Gasteiger partial charge is 0.220 e. The van der Waals surface area contributed by atoms with Gasteiger partial charge in [-0.3, -0.25) is 4.79 Å². The standard InChI is InChI=1S/C22H22Cl2N2O2/c1-14-6-8-16(9-7-14)19-13-26-21(28-19)11-10-20(27)25-12-15(2)22-17(23)4-3-5-18(22)24/h3-9,13,15H,10-12H2,1-2H3,(H,25,27). The van der Waals surface area contributed by atoms with Crippen LogP contribution in [0.5, 0.6) is 0 Å². The largest absolute Gasteiger partial charge is 0.441 e. The lowest BCUT2D eigenvalue weighted by Crippen LogP contribution is -2.27. The number of benzene rings is 2. The van der Waals surface area contributed by atoms with Gasteiger partial charge in [-0.05, 0) is 24.6 Å².